The summed E-state index contributed by atoms with van der Waals surface area (Å²) >= 11 is 0. The maximum atomic E-state index is 14.0. The topological polar surface area (TPSA) is 69.4 Å². The fourth-order valence-corrected chi connectivity index (χ4v) is 6.58. The Labute approximate surface area is 237 Å². The van der Waals surface area contributed by atoms with Crippen LogP contribution in [0.3, 0.4) is 0 Å². The van der Waals surface area contributed by atoms with Gasteiger partial charge in [0.05, 0.1) is 11.0 Å². The van der Waals surface area contributed by atoms with E-state index < -0.39 is 0 Å². The van der Waals surface area contributed by atoms with E-state index in [0.29, 0.717) is 16.7 Å². The minimum atomic E-state index is -0.351. The minimum absolute atomic E-state index is 0.0351. The molecule has 2 heterocycles. The molecular weight excluding hydrogens is 492 g/mol. The molecule has 0 bridgehead atoms. The summed E-state index contributed by atoms with van der Waals surface area (Å²) in [5.74, 6) is 1.93. The quantitative estimate of drug-likeness (QED) is 0.181. The van der Waals surface area contributed by atoms with Gasteiger partial charge in [0.15, 0.2) is 17.5 Å². The zero-order valence-electron chi connectivity index (χ0n) is 24.6. The third kappa shape index (κ3) is 3.79. The summed E-state index contributed by atoms with van der Waals surface area (Å²) in [4.78, 5) is 16.2. The van der Waals surface area contributed by atoms with Gasteiger partial charge in [0, 0.05) is 57.3 Å². The summed E-state index contributed by atoms with van der Waals surface area (Å²) in [6.45, 7) is 17.2. The molecule has 0 amide bonds. The van der Waals surface area contributed by atoms with Crippen LogP contribution in [0.25, 0.3) is 5.41 Å². The van der Waals surface area contributed by atoms with E-state index in [9.17, 15) is 15.5 Å². The van der Waals surface area contributed by atoms with Crippen molar-refractivity contribution in [3.8, 4) is 6.07 Å². The number of allylic oxidation sites excluding steroid dienone is 7. The van der Waals surface area contributed by atoms with Gasteiger partial charge in [-0.1, -0.05) is 50.2 Å². The highest BCUT2D eigenvalue weighted by Gasteiger charge is 2.48. The first-order chi connectivity index (χ1) is 18.9. The molecule has 0 spiro atoms. The first-order valence-corrected chi connectivity index (χ1v) is 13.9. The van der Waals surface area contributed by atoms with Crippen molar-refractivity contribution in [2.75, 3.05) is 4.90 Å². The second-order valence-electron chi connectivity index (χ2n) is 12.4. The number of hydrogen-bond donors (Lipinski definition) is 0. The zero-order chi connectivity index (χ0) is 29.1. The monoisotopic (exact) mass is 528 g/mol. The van der Waals surface area contributed by atoms with Gasteiger partial charge in [-0.25, -0.2) is 5.87 Å². The van der Waals surface area contributed by atoms with E-state index in [4.69, 9.17) is 0 Å². The van der Waals surface area contributed by atoms with Crippen LogP contribution in [0.4, 0.5) is 11.4 Å². The first kappa shape index (κ1) is 27.3. The van der Waals surface area contributed by atoms with Crippen molar-refractivity contribution in [3.63, 3.8) is 0 Å². The van der Waals surface area contributed by atoms with Crippen molar-refractivity contribution in [1.29, 1.82) is 5.26 Å². The Bertz CT molecular complexity index is 1680. The second kappa shape index (κ2) is 9.44. The van der Waals surface area contributed by atoms with Crippen LogP contribution in [0, 0.1) is 11.3 Å². The molecule has 1 aliphatic carbocycles. The Morgan fingerprint density at radius 3 is 2.17 bits per heavy atom. The predicted molar refractivity (Wildman–Crippen MR) is 162 cm³/mol. The number of ketones is 1. The number of carbonyl (C=O) groups excluding carboxylic acids is 1. The molecule has 2 aliphatic heterocycles. The zero-order valence-corrected chi connectivity index (χ0v) is 24.6. The van der Waals surface area contributed by atoms with Crippen molar-refractivity contribution in [3.05, 3.63) is 105 Å². The molecule has 5 heteroatoms. The third-order valence-corrected chi connectivity index (χ3v) is 8.57. The van der Waals surface area contributed by atoms with Crippen LogP contribution in [-0.4, -0.2) is 34.0 Å². The van der Waals surface area contributed by atoms with Gasteiger partial charge in [0.1, 0.15) is 6.07 Å². The molecule has 202 valence electrons. The van der Waals surface area contributed by atoms with Crippen LogP contribution >= 0.6 is 0 Å². The largest absolute Gasteiger partial charge is 0.762 e. The van der Waals surface area contributed by atoms with E-state index in [1.807, 2.05) is 36.4 Å². The maximum Gasteiger partial charge on any atom is 0.209 e. The number of carbonyl (C=O) groups is 1. The Morgan fingerprint density at radius 2 is 1.57 bits per heavy atom. The maximum absolute atomic E-state index is 14.0. The smallest absolute Gasteiger partial charge is 0.209 e. The molecule has 0 N–H and O–H groups in total. The minimum Gasteiger partial charge on any atom is -0.762 e. The molecular formula is C35H36N4O. The fourth-order valence-electron chi connectivity index (χ4n) is 6.58. The van der Waals surface area contributed by atoms with Crippen LogP contribution in [0.5, 0.6) is 0 Å². The van der Waals surface area contributed by atoms with E-state index in [1.54, 1.807) is 0 Å². The highest BCUT2D eigenvalue weighted by Crippen LogP contribution is 2.50. The fraction of sp³-hybridized carbons (Fsp3) is 0.343. The highest BCUT2D eigenvalue weighted by molar-refractivity contribution is 6.27. The van der Waals surface area contributed by atoms with Crippen LogP contribution in [0.1, 0.15) is 66.5 Å². The van der Waals surface area contributed by atoms with Crippen molar-refractivity contribution in [1.82, 2.24) is 0 Å². The number of fused-ring (bicyclic) bond motifs is 2. The molecule has 5 rings (SSSR count). The summed E-state index contributed by atoms with van der Waals surface area (Å²) in [5, 5.41) is 19.9. The predicted octanol–water partition coefficient (Wildman–Crippen LogP) is 7.06. The molecule has 0 saturated heterocycles. The second-order valence-corrected chi connectivity index (χ2v) is 12.4. The number of para-hydroxylation sites is 2. The molecule has 0 atom stereocenters. The lowest BCUT2D eigenvalue weighted by Crippen LogP contribution is -2.34. The molecule has 0 aromatic heterocycles. The Kier molecular flexibility index (Phi) is 6.44. The molecule has 0 unspecified atom stereocenters. The van der Waals surface area contributed by atoms with Gasteiger partial charge in [-0.05, 0) is 59.2 Å². The Balaban J connectivity index is 1.74. The van der Waals surface area contributed by atoms with Crippen molar-refractivity contribution >= 4 is 28.7 Å². The van der Waals surface area contributed by atoms with Crippen LogP contribution in [0.15, 0.2) is 88.7 Å². The lowest BCUT2D eigenvalue weighted by atomic mass is 9.73. The van der Waals surface area contributed by atoms with E-state index in [1.165, 1.54) is 11.1 Å². The van der Waals surface area contributed by atoms with Gasteiger partial charge in [-0.2, -0.15) is 9.84 Å². The number of benzene rings is 2. The van der Waals surface area contributed by atoms with Gasteiger partial charge in [0.25, 0.3) is 0 Å². The lowest BCUT2D eigenvalue weighted by molar-refractivity contribution is -0.472. The normalized spacial score (nSPS) is 20.7. The molecule has 0 fully saturated rings. The highest BCUT2D eigenvalue weighted by atomic mass is 16.1. The number of anilines is 1. The van der Waals surface area contributed by atoms with Gasteiger partial charge >= 0.3 is 0 Å². The molecule has 2 aromatic rings. The summed E-state index contributed by atoms with van der Waals surface area (Å²) in [5.41, 5.74) is 7.17. The van der Waals surface area contributed by atoms with E-state index in [0.717, 1.165) is 22.8 Å². The number of rotatable bonds is 5. The van der Waals surface area contributed by atoms with E-state index >= 15 is 0 Å². The third-order valence-electron chi connectivity index (χ3n) is 8.57. The average Bonchev–Trinajstić information content (AvgIpc) is 3.28. The summed E-state index contributed by atoms with van der Waals surface area (Å²) in [6, 6.07) is 19.0. The van der Waals surface area contributed by atoms with Gasteiger partial charge < -0.3 is 10.3 Å². The molecule has 2 aromatic carbocycles. The molecule has 0 saturated carbocycles. The molecule has 40 heavy (non-hydrogen) atoms. The van der Waals surface area contributed by atoms with E-state index in [2.05, 4.69) is 101 Å². The van der Waals surface area contributed by atoms with Crippen molar-refractivity contribution < 1.29 is 9.37 Å². The van der Waals surface area contributed by atoms with Crippen LogP contribution < -0.4 is 4.90 Å². The van der Waals surface area contributed by atoms with Gasteiger partial charge in [0.2, 0.25) is 5.69 Å². The molecule has 5 nitrogen and oxygen atoms in total. The molecule has 3 aliphatic rings. The van der Waals surface area contributed by atoms with Gasteiger partial charge in [-0.3, -0.25) is 4.79 Å². The standard InChI is InChI=1S/C35H36N4O/c1-21(2)38-28-15-11-9-13-26(28)34(5,6)30(38)17-24-32(23(19-36)20-37)25(33(24)40)18-31-35(7,8)27-14-10-12-16-29(27)39(31)22(3)4/h9-18,21-22H,1-8H3. The summed E-state index contributed by atoms with van der Waals surface area (Å²) in [7, 11) is 0. The Morgan fingerprint density at radius 1 is 0.950 bits per heavy atom. The number of nitrogens with zero attached hydrogens (tertiary/aromatic N) is 4. The number of hydrogen-bond acceptors (Lipinski definition) is 3. The first-order valence-electron chi connectivity index (χ1n) is 13.9. The Hall–Kier alpha value is -4.26. The lowest BCUT2D eigenvalue weighted by Gasteiger charge is -2.32. The van der Waals surface area contributed by atoms with Crippen molar-refractivity contribution in [2.24, 2.45) is 0 Å². The van der Waals surface area contributed by atoms with E-state index in [-0.39, 0.29) is 34.3 Å². The van der Waals surface area contributed by atoms with Crippen LogP contribution in [0.2, 0.25) is 0 Å². The SMILES string of the molecule is CC(C)N1/C(=C/C2=C(C(=C=[N-])C#N)C(=C/C3=[N+](C(C)C)c4ccccc4C3(C)C)/C2=O)C(C)(C)c2ccccc21. The average molecular weight is 529 g/mol. The molecule has 0 radical (unpaired) electrons. The van der Waals surface area contributed by atoms with Crippen LogP contribution in [-0.2, 0) is 15.6 Å². The number of Topliss-reactive ketones (excluding diaryl/α,β-unsaturated/α-hetero) is 1. The van der Waals surface area contributed by atoms with Gasteiger partial charge in [-0.15, -0.1) is 0 Å². The summed E-state index contributed by atoms with van der Waals surface area (Å²) < 4.78 is 2.26. The number of nitriles is 1. The summed E-state index contributed by atoms with van der Waals surface area (Å²) in [6.07, 6.45) is 3.84. The van der Waals surface area contributed by atoms with Crippen molar-refractivity contribution in [2.45, 2.75) is 78.3 Å².